The first kappa shape index (κ1) is 18.1. The van der Waals surface area contributed by atoms with E-state index in [1.165, 1.54) is 16.9 Å². The predicted molar refractivity (Wildman–Crippen MR) is 115 cm³/mol. The minimum absolute atomic E-state index is 0.0149. The summed E-state index contributed by atoms with van der Waals surface area (Å²) in [6.07, 6.45) is 3.52. The first-order valence-electron chi connectivity index (χ1n) is 9.70. The number of ether oxygens (including phenoxy) is 1. The highest BCUT2D eigenvalue weighted by molar-refractivity contribution is 7.22. The van der Waals surface area contributed by atoms with Crippen LogP contribution in [-0.4, -0.2) is 40.1 Å². The maximum absolute atomic E-state index is 13.5. The maximum atomic E-state index is 13.5. The molecule has 1 atom stereocenters. The average Bonchev–Trinajstić information content (AvgIpc) is 3.40. The van der Waals surface area contributed by atoms with Gasteiger partial charge in [0.1, 0.15) is 5.69 Å². The van der Waals surface area contributed by atoms with Crippen LogP contribution >= 0.6 is 11.3 Å². The van der Waals surface area contributed by atoms with Gasteiger partial charge >= 0.3 is 0 Å². The van der Waals surface area contributed by atoms with E-state index in [0.717, 1.165) is 35.2 Å². The van der Waals surface area contributed by atoms with Crippen LogP contribution in [0.25, 0.3) is 21.3 Å². The number of amides is 1. The van der Waals surface area contributed by atoms with Gasteiger partial charge in [0.25, 0.3) is 5.91 Å². The molecule has 0 radical (unpaired) electrons. The molecule has 1 amide bonds. The zero-order valence-electron chi connectivity index (χ0n) is 16.0. The van der Waals surface area contributed by atoms with E-state index in [-0.39, 0.29) is 12.0 Å². The molecule has 29 heavy (non-hydrogen) atoms. The number of hydrogen-bond donors (Lipinski definition) is 0. The summed E-state index contributed by atoms with van der Waals surface area (Å²) in [6, 6.07) is 13.7. The second kappa shape index (κ2) is 7.50. The smallest absolute Gasteiger partial charge is 0.280 e. The van der Waals surface area contributed by atoms with Crippen LogP contribution in [-0.2, 0) is 4.74 Å². The molecule has 5 rings (SSSR count). The van der Waals surface area contributed by atoms with Crippen LogP contribution in [0.1, 0.15) is 28.9 Å². The van der Waals surface area contributed by atoms with Crippen molar-refractivity contribution in [1.82, 2.24) is 15.0 Å². The number of aryl methyl sites for hydroxylation is 1. The van der Waals surface area contributed by atoms with Crippen molar-refractivity contribution in [2.24, 2.45) is 0 Å². The maximum Gasteiger partial charge on any atom is 0.280 e. The average molecular weight is 404 g/mol. The molecule has 3 heterocycles. The summed E-state index contributed by atoms with van der Waals surface area (Å²) in [5.41, 5.74) is 3.85. The Morgan fingerprint density at radius 2 is 2.03 bits per heavy atom. The number of aromatic nitrogens is 3. The number of rotatable bonds is 4. The van der Waals surface area contributed by atoms with Crippen LogP contribution < -0.4 is 4.90 Å². The lowest BCUT2D eigenvalue weighted by molar-refractivity contribution is 0.0913. The Bertz CT molecular complexity index is 1200. The highest BCUT2D eigenvalue weighted by Crippen LogP contribution is 2.31. The van der Waals surface area contributed by atoms with Gasteiger partial charge in [-0.05, 0) is 49.6 Å². The Morgan fingerprint density at radius 1 is 1.17 bits per heavy atom. The van der Waals surface area contributed by atoms with Crippen LogP contribution in [0.15, 0.2) is 48.7 Å². The van der Waals surface area contributed by atoms with Gasteiger partial charge in [0.15, 0.2) is 5.13 Å². The standard InChI is InChI=1S/C22H20N4O2S/c1-14-8-9-18-20(11-14)29-22(25-18)26(13-15-5-4-10-28-15)21(27)19-12-23-16-6-2-3-7-17(16)24-19/h2-3,6-9,11-12,15H,4-5,10,13H2,1H3. The molecule has 1 unspecified atom stereocenters. The van der Waals surface area contributed by atoms with Gasteiger partial charge in [-0.15, -0.1) is 0 Å². The van der Waals surface area contributed by atoms with Crippen LogP contribution in [0.5, 0.6) is 0 Å². The van der Waals surface area contributed by atoms with Crippen molar-refractivity contribution in [1.29, 1.82) is 0 Å². The largest absolute Gasteiger partial charge is 0.376 e. The van der Waals surface area contributed by atoms with Crippen molar-refractivity contribution in [3.63, 3.8) is 0 Å². The van der Waals surface area contributed by atoms with Gasteiger partial charge in [0.2, 0.25) is 0 Å². The van der Waals surface area contributed by atoms with E-state index in [2.05, 4.69) is 23.0 Å². The minimum Gasteiger partial charge on any atom is -0.376 e. The number of carbonyl (C=O) groups excluding carboxylic acids is 1. The molecule has 1 fully saturated rings. The molecule has 146 valence electrons. The van der Waals surface area contributed by atoms with Crippen LogP contribution in [0.4, 0.5) is 5.13 Å². The third kappa shape index (κ3) is 3.59. The summed E-state index contributed by atoms with van der Waals surface area (Å²) >= 11 is 1.52. The Balaban J connectivity index is 1.55. The lowest BCUT2D eigenvalue weighted by Gasteiger charge is -2.22. The van der Waals surface area contributed by atoms with Crippen molar-refractivity contribution >= 4 is 43.6 Å². The van der Waals surface area contributed by atoms with E-state index in [4.69, 9.17) is 9.72 Å². The molecule has 1 saturated heterocycles. The van der Waals surface area contributed by atoms with E-state index in [0.29, 0.717) is 22.9 Å². The normalized spacial score (nSPS) is 16.5. The van der Waals surface area contributed by atoms with Gasteiger partial charge in [-0.1, -0.05) is 29.5 Å². The molecule has 2 aromatic carbocycles. The first-order valence-corrected chi connectivity index (χ1v) is 10.5. The summed E-state index contributed by atoms with van der Waals surface area (Å²) in [7, 11) is 0. The van der Waals surface area contributed by atoms with Gasteiger partial charge in [-0.25, -0.2) is 9.97 Å². The van der Waals surface area contributed by atoms with Crippen molar-refractivity contribution in [3.8, 4) is 0 Å². The van der Waals surface area contributed by atoms with Gasteiger partial charge < -0.3 is 4.74 Å². The molecule has 7 heteroatoms. The molecule has 0 aliphatic carbocycles. The molecule has 1 aliphatic heterocycles. The Hall–Kier alpha value is -2.90. The summed E-state index contributed by atoms with van der Waals surface area (Å²) < 4.78 is 6.87. The van der Waals surface area contributed by atoms with Gasteiger partial charge in [-0.3, -0.25) is 14.7 Å². The van der Waals surface area contributed by atoms with Gasteiger partial charge in [-0.2, -0.15) is 0 Å². The van der Waals surface area contributed by atoms with Gasteiger partial charge in [0.05, 0.1) is 40.1 Å². The molecule has 0 saturated carbocycles. The summed E-state index contributed by atoms with van der Waals surface area (Å²) in [5.74, 6) is -0.200. The lowest BCUT2D eigenvalue weighted by atomic mass is 10.2. The van der Waals surface area contributed by atoms with Crippen molar-refractivity contribution in [2.75, 3.05) is 18.1 Å². The zero-order chi connectivity index (χ0) is 19.8. The molecule has 2 aromatic heterocycles. The topological polar surface area (TPSA) is 68.2 Å². The molecule has 0 bridgehead atoms. The number of hydrogen-bond acceptors (Lipinski definition) is 6. The highest BCUT2D eigenvalue weighted by Gasteiger charge is 2.28. The zero-order valence-corrected chi connectivity index (χ0v) is 16.9. The molecule has 4 aromatic rings. The number of fused-ring (bicyclic) bond motifs is 2. The highest BCUT2D eigenvalue weighted by atomic mass is 32.1. The number of nitrogens with zero attached hydrogens (tertiary/aromatic N) is 4. The molecular formula is C22H20N4O2S. The lowest BCUT2D eigenvalue weighted by Crippen LogP contribution is -2.38. The predicted octanol–water partition coefficient (Wildman–Crippen LogP) is 4.37. The molecule has 1 aliphatic rings. The van der Waals surface area contributed by atoms with Crippen molar-refractivity contribution in [3.05, 3.63) is 59.9 Å². The van der Waals surface area contributed by atoms with Crippen molar-refractivity contribution < 1.29 is 9.53 Å². The number of para-hydroxylation sites is 2. The van der Waals surface area contributed by atoms with Crippen LogP contribution in [0.3, 0.4) is 0 Å². The number of anilines is 1. The minimum atomic E-state index is -0.200. The summed E-state index contributed by atoms with van der Waals surface area (Å²) in [5, 5.41) is 0.668. The number of benzene rings is 2. The fourth-order valence-electron chi connectivity index (χ4n) is 3.57. The molecular weight excluding hydrogens is 384 g/mol. The molecule has 6 nitrogen and oxygen atoms in total. The Morgan fingerprint density at radius 3 is 2.86 bits per heavy atom. The van der Waals surface area contributed by atoms with Gasteiger partial charge in [0, 0.05) is 6.61 Å². The number of carbonyl (C=O) groups is 1. The second-order valence-corrected chi connectivity index (χ2v) is 8.27. The second-order valence-electron chi connectivity index (χ2n) is 7.26. The summed E-state index contributed by atoms with van der Waals surface area (Å²) in [6.45, 7) is 3.26. The monoisotopic (exact) mass is 404 g/mol. The quantitative estimate of drug-likeness (QED) is 0.505. The third-order valence-electron chi connectivity index (χ3n) is 5.09. The number of thiazole rings is 1. The van der Waals surface area contributed by atoms with E-state index in [1.54, 1.807) is 11.1 Å². The SMILES string of the molecule is Cc1ccc2nc(N(CC3CCCO3)C(=O)c3cnc4ccccc4n3)sc2c1. The van der Waals surface area contributed by atoms with Crippen LogP contribution in [0, 0.1) is 6.92 Å². The first-order chi connectivity index (χ1) is 14.2. The Labute approximate surface area is 172 Å². The van der Waals surface area contributed by atoms with E-state index >= 15 is 0 Å². The van der Waals surface area contributed by atoms with E-state index in [9.17, 15) is 4.79 Å². The fourth-order valence-corrected chi connectivity index (χ4v) is 4.64. The van der Waals surface area contributed by atoms with E-state index < -0.39 is 0 Å². The Kier molecular flexibility index (Phi) is 4.69. The summed E-state index contributed by atoms with van der Waals surface area (Å²) in [4.78, 5) is 28.8. The molecule has 0 N–H and O–H groups in total. The van der Waals surface area contributed by atoms with Crippen molar-refractivity contribution in [2.45, 2.75) is 25.9 Å². The third-order valence-corrected chi connectivity index (χ3v) is 6.13. The molecule has 0 spiro atoms. The fraction of sp³-hybridized carbons (Fsp3) is 0.273. The van der Waals surface area contributed by atoms with E-state index in [1.807, 2.05) is 36.4 Å². The van der Waals surface area contributed by atoms with Crippen LogP contribution in [0.2, 0.25) is 0 Å².